The first-order valence-electron chi connectivity index (χ1n) is 9.00. The van der Waals surface area contributed by atoms with Crippen molar-refractivity contribution in [2.45, 2.75) is 19.9 Å². The lowest BCUT2D eigenvalue weighted by Crippen LogP contribution is -2.30. The van der Waals surface area contributed by atoms with Gasteiger partial charge in [-0.25, -0.2) is 4.98 Å². The van der Waals surface area contributed by atoms with Gasteiger partial charge in [-0.05, 0) is 47.9 Å². The van der Waals surface area contributed by atoms with E-state index < -0.39 is 0 Å². The van der Waals surface area contributed by atoms with Gasteiger partial charge in [0, 0.05) is 12.4 Å². The van der Waals surface area contributed by atoms with Crippen LogP contribution in [0.2, 0.25) is 5.02 Å². The lowest BCUT2D eigenvalue weighted by Gasteiger charge is -2.20. The van der Waals surface area contributed by atoms with Crippen LogP contribution in [0.3, 0.4) is 0 Å². The number of pyridine rings is 1. The lowest BCUT2D eigenvalue weighted by molar-refractivity contribution is 0.0985. The van der Waals surface area contributed by atoms with E-state index in [0.717, 1.165) is 22.2 Å². The number of carbonyl (C=O) groups is 1. The average Bonchev–Trinajstić information content (AvgIpc) is 3.15. The highest BCUT2D eigenvalue weighted by Gasteiger charge is 2.23. The summed E-state index contributed by atoms with van der Waals surface area (Å²) in [6.45, 7) is 2.50. The normalized spacial score (nSPS) is 10.9. The summed E-state index contributed by atoms with van der Waals surface area (Å²) in [4.78, 5) is 23.9. The van der Waals surface area contributed by atoms with Crippen LogP contribution in [-0.4, -0.2) is 15.9 Å². The van der Waals surface area contributed by atoms with E-state index in [1.165, 1.54) is 16.9 Å². The molecule has 0 fully saturated rings. The second-order valence-electron chi connectivity index (χ2n) is 6.38. The summed E-state index contributed by atoms with van der Waals surface area (Å²) in [5.74, 6) is -0.177. The van der Waals surface area contributed by atoms with Crippen LogP contribution in [0.25, 0.3) is 10.2 Å². The fraction of sp³-hybridized carbons (Fsp3) is 0.136. The molecule has 0 atom stereocenters. The molecule has 1 amide bonds. The topological polar surface area (TPSA) is 46.1 Å². The lowest BCUT2D eigenvalue weighted by atomic mass is 10.2. The van der Waals surface area contributed by atoms with Gasteiger partial charge < -0.3 is 0 Å². The zero-order chi connectivity index (χ0) is 19.5. The third kappa shape index (κ3) is 3.77. The number of hydrogen-bond donors (Lipinski definition) is 0. The molecule has 2 aromatic heterocycles. The first kappa shape index (κ1) is 18.6. The highest BCUT2D eigenvalue weighted by Crippen LogP contribution is 2.32. The van der Waals surface area contributed by atoms with E-state index in [1.807, 2.05) is 30.3 Å². The number of benzene rings is 2. The largest absolute Gasteiger partial charge is 0.279 e. The molecular weight excluding hydrogens is 390 g/mol. The number of halogens is 1. The molecule has 0 bridgehead atoms. The number of aromatic nitrogens is 2. The van der Waals surface area contributed by atoms with E-state index in [9.17, 15) is 4.79 Å². The number of anilines is 1. The molecule has 0 radical (unpaired) electrons. The summed E-state index contributed by atoms with van der Waals surface area (Å²) in [7, 11) is 0. The number of amides is 1. The van der Waals surface area contributed by atoms with Crippen LogP contribution < -0.4 is 4.90 Å². The standard InChI is InChI=1S/C22H18ClN3OS/c1-2-15-9-10-19-20(12-15)28-22(25-19)26(14-16-6-5-11-24-13-16)21(27)17-7-3-4-8-18(17)23/h3-13H,2,14H2,1H3. The minimum atomic E-state index is -0.177. The van der Waals surface area contributed by atoms with Crippen molar-refractivity contribution in [3.05, 3.63) is 88.7 Å². The SMILES string of the molecule is CCc1ccc2nc(N(Cc3cccnc3)C(=O)c3ccccc3Cl)sc2c1. The Kier molecular flexibility index (Phi) is 5.37. The molecule has 2 heterocycles. The molecule has 0 saturated heterocycles. The second-order valence-corrected chi connectivity index (χ2v) is 7.80. The number of fused-ring (bicyclic) bond motifs is 1. The van der Waals surface area contributed by atoms with Gasteiger partial charge in [0.2, 0.25) is 0 Å². The molecule has 140 valence electrons. The van der Waals surface area contributed by atoms with Crippen molar-refractivity contribution in [3.63, 3.8) is 0 Å². The third-order valence-corrected chi connectivity index (χ3v) is 5.86. The Bertz CT molecular complexity index is 1130. The minimum Gasteiger partial charge on any atom is -0.279 e. The van der Waals surface area contributed by atoms with Crippen molar-refractivity contribution in [2.24, 2.45) is 0 Å². The number of thiazole rings is 1. The molecule has 0 aliphatic carbocycles. The van der Waals surface area contributed by atoms with Crippen LogP contribution in [0.1, 0.15) is 28.4 Å². The molecule has 0 N–H and O–H groups in total. The second kappa shape index (κ2) is 8.09. The smallest absolute Gasteiger partial charge is 0.261 e. The van der Waals surface area contributed by atoms with Gasteiger partial charge in [-0.1, -0.05) is 54.1 Å². The zero-order valence-electron chi connectivity index (χ0n) is 15.3. The highest BCUT2D eigenvalue weighted by atomic mass is 35.5. The van der Waals surface area contributed by atoms with E-state index >= 15 is 0 Å². The van der Waals surface area contributed by atoms with Crippen LogP contribution in [0.5, 0.6) is 0 Å². The van der Waals surface area contributed by atoms with Gasteiger partial charge in [-0.15, -0.1) is 0 Å². The molecule has 0 spiro atoms. The van der Waals surface area contributed by atoms with Gasteiger partial charge in [0.25, 0.3) is 5.91 Å². The minimum absolute atomic E-state index is 0.177. The van der Waals surface area contributed by atoms with E-state index in [4.69, 9.17) is 16.6 Å². The number of rotatable bonds is 5. The molecular formula is C22H18ClN3OS. The Hall–Kier alpha value is -2.76. The van der Waals surface area contributed by atoms with Crippen LogP contribution >= 0.6 is 22.9 Å². The number of nitrogens with zero attached hydrogens (tertiary/aromatic N) is 3. The fourth-order valence-electron chi connectivity index (χ4n) is 2.97. The van der Waals surface area contributed by atoms with Crippen molar-refractivity contribution < 1.29 is 4.79 Å². The fourth-order valence-corrected chi connectivity index (χ4v) is 4.22. The Morgan fingerprint density at radius 3 is 2.71 bits per heavy atom. The average molecular weight is 408 g/mol. The molecule has 28 heavy (non-hydrogen) atoms. The first-order valence-corrected chi connectivity index (χ1v) is 10.2. The van der Waals surface area contributed by atoms with Gasteiger partial charge in [0.1, 0.15) is 0 Å². The zero-order valence-corrected chi connectivity index (χ0v) is 16.9. The monoisotopic (exact) mass is 407 g/mol. The Morgan fingerprint density at radius 2 is 1.96 bits per heavy atom. The summed E-state index contributed by atoms with van der Waals surface area (Å²) in [5, 5.41) is 1.08. The molecule has 6 heteroatoms. The predicted molar refractivity (Wildman–Crippen MR) is 115 cm³/mol. The van der Waals surface area contributed by atoms with E-state index in [1.54, 1.807) is 29.4 Å². The van der Waals surface area contributed by atoms with Gasteiger partial charge in [-0.2, -0.15) is 0 Å². The maximum atomic E-state index is 13.4. The van der Waals surface area contributed by atoms with Crippen molar-refractivity contribution in [1.82, 2.24) is 9.97 Å². The van der Waals surface area contributed by atoms with Crippen LogP contribution in [0.15, 0.2) is 67.0 Å². The molecule has 2 aromatic carbocycles. The summed E-state index contributed by atoms with van der Waals surface area (Å²) in [5.41, 5.74) is 3.53. The molecule has 0 saturated carbocycles. The summed E-state index contributed by atoms with van der Waals surface area (Å²) in [6, 6.07) is 17.1. The van der Waals surface area contributed by atoms with Crippen molar-refractivity contribution >= 4 is 44.2 Å². The molecule has 0 unspecified atom stereocenters. The van der Waals surface area contributed by atoms with E-state index in [2.05, 4.69) is 24.0 Å². The maximum Gasteiger partial charge on any atom is 0.261 e. The highest BCUT2D eigenvalue weighted by molar-refractivity contribution is 7.22. The van der Waals surface area contributed by atoms with E-state index in [0.29, 0.717) is 22.3 Å². The van der Waals surface area contributed by atoms with Gasteiger partial charge >= 0.3 is 0 Å². The first-order chi connectivity index (χ1) is 13.7. The van der Waals surface area contributed by atoms with Crippen LogP contribution in [-0.2, 0) is 13.0 Å². The number of carbonyl (C=O) groups excluding carboxylic acids is 1. The summed E-state index contributed by atoms with van der Waals surface area (Å²) < 4.78 is 1.07. The maximum absolute atomic E-state index is 13.4. The predicted octanol–water partition coefficient (Wildman–Crippen LogP) is 5.75. The third-order valence-electron chi connectivity index (χ3n) is 4.49. The molecule has 4 aromatic rings. The van der Waals surface area contributed by atoms with Crippen molar-refractivity contribution in [1.29, 1.82) is 0 Å². The van der Waals surface area contributed by atoms with Crippen LogP contribution in [0.4, 0.5) is 5.13 Å². The molecule has 0 aliphatic rings. The van der Waals surface area contributed by atoms with Crippen molar-refractivity contribution in [3.8, 4) is 0 Å². The Labute approximate surface area is 172 Å². The quantitative estimate of drug-likeness (QED) is 0.423. The van der Waals surface area contributed by atoms with Crippen molar-refractivity contribution in [2.75, 3.05) is 4.90 Å². The number of hydrogen-bond acceptors (Lipinski definition) is 4. The molecule has 4 nitrogen and oxygen atoms in total. The summed E-state index contributed by atoms with van der Waals surface area (Å²) in [6.07, 6.45) is 4.43. The van der Waals surface area contributed by atoms with Crippen LogP contribution in [0, 0.1) is 0 Å². The Morgan fingerprint density at radius 1 is 1.11 bits per heavy atom. The number of aryl methyl sites for hydroxylation is 1. The Balaban J connectivity index is 1.78. The van der Waals surface area contributed by atoms with Gasteiger partial charge in [-0.3, -0.25) is 14.7 Å². The molecule has 0 aliphatic heterocycles. The summed E-state index contributed by atoms with van der Waals surface area (Å²) >= 11 is 7.81. The van der Waals surface area contributed by atoms with Gasteiger partial charge in [0.15, 0.2) is 5.13 Å². The van der Waals surface area contributed by atoms with Gasteiger partial charge in [0.05, 0.1) is 27.3 Å². The van der Waals surface area contributed by atoms with E-state index in [-0.39, 0.29) is 5.91 Å². The molecule has 4 rings (SSSR count).